The van der Waals surface area contributed by atoms with Gasteiger partial charge in [-0.3, -0.25) is 9.59 Å². The van der Waals surface area contributed by atoms with E-state index in [9.17, 15) is 14.7 Å². The number of amides is 1. The Morgan fingerprint density at radius 1 is 0.912 bits per heavy atom. The van der Waals surface area contributed by atoms with E-state index in [4.69, 9.17) is 4.74 Å². The fourth-order valence-corrected chi connectivity index (χ4v) is 4.34. The van der Waals surface area contributed by atoms with Crippen molar-refractivity contribution >= 4 is 17.4 Å². The molecule has 3 aromatic carbocycles. The van der Waals surface area contributed by atoms with E-state index in [0.717, 1.165) is 23.1 Å². The van der Waals surface area contributed by atoms with Gasteiger partial charge in [-0.05, 0) is 48.6 Å². The first-order valence-corrected chi connectivity index (χ1v) is 11.7. The van der Waals surface area contributed by atoms with Crippen molar-refractivity contribution in [3.63, 3.8) is 0 Å². The van der Waals surface area contributed by atoms with Crippen LogP contribution in [0.2, 0.25) is 0 Å². The van der Waals surface area contributed by atoms with Crippen LogP contribution in [-0.4, -0.2) is 34.8 Å². The van der Waals surface area contributed by atoms with E-state index in [1.807, 2.05) is 61.5 Å². The fourth-order valence-electron chi connectivity index (χ4n) is 4.34. The molecule has 5 heteroatoms. The van der Waals surface area contributed by atoms with Gasteiger partial charge in [-0.2, -0.15) is 0 Å². The molecule has 1 saturated heterocycles. The topological polar surface area (TPSA) is 66.8 Å². The van der Waals surface area contributed by atoms with E-state index < -0.39 is 17.7 Å². The highest BCUT2D eigenvalue weighted by Gasteiger charge is 2.45. The highest BCUT2D eigenvalue weighted by molar-refractivity contribution is 6.46. The summed E-state index contributed by atoms with van der Waals surface area (Å²) >= 11 is 0. The minimum absolute atomic E-state index is 0.107. The van der Waals surface area contributed by atoms with Crippen LogP contribution in [0.4, 0.5) is 0 Å². The Labute approximate surface area is 200 Å². The predicted octanol–water partition coefficient (Wildman–Crippen LogP) is 5.31. The molecule has 174 valence electrons. The zero-order chi connectivity index (χ0) is 24.1. The molecule has 1 unspecified atom stereocenters. The number of ketones is 1. The van der Waals surface area contributed by atoms with Crippen LogP contribution in [-0.2, 0) is 22.4 Å². The SMILES string of the molecule is CCOc1cccc(C(O)=C2C(=O)C(=O)N(CCc3ccccc3)C2c2ccc(CC)cc2)c1. The van der Waals surface area contributed by atoms with Crippen molar-refractivity contribution in [2.75, 3.05) is 13.2 Å². The molecule has 1 amide bonds. The molecule has 0 aliphatic carbocycles. The largest absolute Gasteiger partial charge is 0.507 e. The monoisotopic (exact) mass is 455 g/mol. The summed E-state index contributed by atoms with van der Waals surface area (Å²) in [5, 5.41) is 11.3. The fraction of sp³-hybridized carbons (Fsp3) is 0.241. The standard InChI is InChI=1S/C29H29NO4/c1-3-20-13-15-22(16-14-20)26-25(27(31)23-11-8-12-24(19-23)34-4-2)28(32)29(33)30(26)18-17-21-9-6-5-7-10-21/h5-16,19,26,31H,3-4,17-18H2,1-2H3. The van der Waals surface area contributed by atoms with Gasteiger partial charge < -0.3 is 14.7 Å². The van der Waals surface area contributed by atoms with Crippen molar-refractivity contribution in [1.29, 1.82) is 0 Å². The van der Waals surface area contributed by atoms with E-state index >= 15 is 0 Å². The van der Waals surface area contributed by atoms with Crippen molar-refractivity contribution < 1.29 is 19.4 Å². The van der Waals surface area contributed by atoms with Crippen molar-refractivity contribution in [2.24, 2.45) is 0 Å². The van der Waals surface area contributed by atoms with Gasteiger partial charge in [0.15, 0.2) is 0 Å². The van der Waals surface area contributed by atoms with Crippen molar-refractivity contribution in [1.82, 2.24) is 4.90 Å². The number of likely N-dealkylation sites (tertiary alicyclic amines) is 1. The number of ether oxygens (including phenoxy) is 1. The molecule has 4 rings (SSSR count). The summed E-state index contributed by atoms with van der Waals surface area (Å²) in [6.07, 6.45) is 1.50. The Kier molecular flexibility index (Phi) is 7.12. The first-order valence-electron chi connectivity index (χ1n) is 11.7. The zero-order valence-electron chi connectivity index (χ0n) is 19.5. The number of rotatable bonds is 8. The number of carbonyl (C=O) groups excluding carboxylic acids is 2. The Bertz CT molecular complexity index is 1200. The molecule has 3 aromatic rings. The van der Waals surface area contributed by atoms with E-state index in [1.165, 1.54) is 0 Å². The molecular weight excluding hydrogens is 426 g/mol. The molecule has 1 aliphatic heterocycles. The van der Waals surface area contributed by atoms with Crippen LogP contribution in [0.25, 0.3) is 5.76 Å². The van der Waals surface area contributed by atoms with Crippen molar-refractivity contribution in [2.45, 2.75) is 32.7 Å². The summed E-state index contributed by atoms with van der Waals surface area (Å²) in [5.74, 6) is -0.861. The lowest BCUT2D eigenvalue weighted by atomic mass is 9.94. The summed E-state index contributed by atoms with van der Waals surface area (Å²) in [5.41, 5.74) is 3.59. The molecule has 0 spiro atoms. The number of aryl methyl sites for hydroxylation is 1. The number of hydrogen-bond donors (Lipinski definition) is 1. The van der Waals surface area contributed by atoms with Gasteiger partial charge in [0.2, 0.25) is 0 Å². The highest BCUT2D eigenvalue weighted by Crippen LogP contribution is 2.40. The lowest BCUT2D eigenvalue weighted by Gasteiger charge is -2.25. The second-order valence-electron chi connectivity index (χ2n) is 8.28. The number of aliphatic hydroxyl groups excluding tert-OH is 1. The van der Waals surface area contributed by atoms with Crippen LogP contribution in [0.3, 0.4) is 0 Å². The lowest BCUT2D eigenvalue weighted by Crippen LogP contribution is -2.31. The molecule has 1 N–H and O–H groups in total. The number of Topliss-reactive ketones (excluding diaryl/α,β-unsaturated/α-hetero) is 1. The molecule has 1 aliphatic rings. The Morgan fingerprint density at radius 2 is 1.65 bits per heavy atom. The van der Waals surface area contributed by atoms with Crippen molar-refractivity contribution in [3.05, 3.63) is 107 Å². The van der Waals surface area contributed by atoms with E-state index in [0.29, 0.717) is 30.9 Å². The first-order chi connectivity index (χ1) is 16.5. The number of carbonyl (C=O) groups is 2. The minimum atomic E-state index is -0.669. The van der Waals surface area contributed by atoms with Gasteiger partial charge in [0.05, 0.1) is 18.2 Å². The average Bonchev–Trinajstić information content (AvgIpc) is 3.13. The van der Waals surface area contributed by atoms with E-state index in [-0.39, 0.29) is 11.3 Å². The summed E-state index contributed by atoms with van der Waals surface area (Å²) in [6, 6.07) is 24.0. The maximum Gasteiger partial charge on any atom is 0.295 e. The van der Waals surface area contributed by atoms with Crippen molar-refractivity contribution in [3.8, 4) is 5.75 Å². The molecule has 1 fully saturated rings. The van der Waals surface area contributed by atoms with Gasteiger partial charge in [0.1, 0.15) is 11.5 Å². The highest BCUT2D eigenvalue weighted by atomic mass is 16.5. The Morgan fingerprint density at radius 3 is 2.32 bits per heavy atom. The van der Waals surface area contributed by atoms with Gasteiger partial charge in [0.25, 0.3) is 11.7 Å². The lowest BCUT2D eigenvalue weighted by molar-refractivity contribution is -0.139. The number of nitrogens with zero attached hydrogens (tertiary/aromatic N) is 1. The van der Waals surface area contributed by atoms with Crippen LogP contribution in [0, 0.1) is 0 Å². The van der Waals surface area contributed by atoms with Gasteiger partial charge >= 0.3 is 0 Å². The minimum Gasteiger partial charge on any atom is -0.507 e. The normalized spacial score (nSPS) is 17.2. The molecule has 5 nitrogen and oxygen atoms in total. The summed E-state index contributed by atoms with van der Waals surface area (Å²) in [7, 11) is 0. The predicted molar refractivity (Wildman–Crippen MR) is 133 cm³/mol. The number of benzene rings is 3. The number of aliphatic hydroxyl groups is 1. The van der Waals surface area contributed by atoms with Gasteiger partial charge in [-0.25, -0.2) is 0 Å². The van der Waals surface area contributed by atoms with Crippen LogP contribution in [0.1, 0.15) is 42.1 Å². The summed E-state index contributed by atoms with van der Waals surface area (Å²) in [6.45, 7) is 4.81. The van der Waals surface area contributed by atoms with Gasteiger partial charge in [0, 0.05) is 12.1 Å². The third kappa shape index (κ3) is 4.74. The smallest absolute Gasteiger partial charge is 0.295 e. The molecular formula is C29H29NO4. The third-order valence-corrected chi connectivity index (χ3v) is 6.15. The number of hydrogen-bond acceptors (Lipinski definition) is 4. The maximum atomic E-state index is 13.2. The average molecular weight is 456 g/mol. The zero-order valence-corrected chi connectivity index (χ0v) is 19.5. The molecule has 0 saturated carbocycles. The Hall–Kier alpha value is -3.86. The Balaban J connectivity index is 1.78. The van der Waals surface area contributed by atoms with Crippen LogP contribution < -0.4 is 4.74 Å². The summed E-state index contributed by atoms with van der Waals surface area (Å²) < 4.78 is 5.56. The quantitative estimate of drug-likeness (QED) is 0.284. The molecule has 1 atom stereocenters. The van der Waals surface area contributed by atoms with Crippen LogP contribution >= 0.6 is 0 Å². The van der Waals surface area contributed by atoms with Gasteiger partial charge in [-0.15, -0.1) is 0 Å². The molecule has 0 bridgehead atoms. The molecule has 0 radical (unpaired) electrons. The maximum absolute atomic E-state index is 13.2. The third-order valence-electron chi connectivity index (χ3n) is 6.15. The van der Waals surface area contributed by atoms with E-state index in [1.54, 1.807) is 29.2 Å². The molecule has 0 aromatic heterocycles. The van der Waals surface area contributed by atoms with Crippen LogP contribution in [0.5, 0.6) is 5.75 Å². The molecule has 1 heterocycles. The van der Waals surface area contributed by atoms with Gasteiger partial charge in [-0.1, -0.05) is 73.7 Å². The molecule has 34 heavy (non-hydrogen) atoms. The first kappa shape index (κ1) is 23.3. The summed E-state index contributed by atoms with van der Waals surface area (Å²) in [4.78, 5) is 28.0. The van der Waals surface area contributed by atoms with E-state index in [2.05, 4.69) is 6.92 Å². The second kappa shape index (κ2) is 10.4. The van der Waals surface area contributed by atoms with Crippen LogP contribution in [0.15, 0.2) is 84.4 Å². The second-order valence-corrected chi connectivity index (χ2v) is 8.28.